The molecule has 6 rings (SSSR count). The summed E-state index contributed by atoms with van der Waals surface area (Å²) in [5.74, 6) is -6.71. The fraction of sp³-hybridized carbons (Fsp3) is 0.167. The summed E-state index contributed by atoms with van der Waals surface area (Å²) < 4.78 is 117. The zero-order valence-electron chi connectivity index (χ0n) is 35.1. The fourth-order valence-electron chi connectivity index (χ4n) is 4.23. The van der Waals surface area contributed by atoms with E-state index in [-0.39, 0.29) is 31.4 Å². The van der Waals surface area contributed by atoms with Crippen molar-refractivity contribution in [1.29, 1.82) is 0 Å². The minimum absolute atomic E-state index is 0. The number of imidazole rings is 1. The van der Waals surface area contributed by atoms with Gasteiger partial charge in [-0.3, -0.25) is 4.98 Å². The summed E-state index contributed by atoms with van der Waals surface area (Å²) in [5.41, 5.74) is 0.916. The van der Waals surface area contributed by atoms with E-state index in [0.29, 0.717) is 11.1 Å². The van der Waals surface area contributed by atoms with E-state index in [2.05, 4.69) is 22.1 Å². The molecule has 0 saturated heterocycles. The average molecular weight is 714 g/mol. The molecule has 2 aromatic heterocycles. The molecule has 3 nitrogen and oxygen atoms in total. The van der Waals surface area contributed by atoms with Crippen molar-refractivity contribution in [1.82, 2.24) is 14.5 Å². The van der Waals surface area contributed by atoms with Gasteiger partial charge in [0.25, 0.3) is 0 Å². The van der Waals surface area contributed by atoms with Crippen LogP contribution < -0.4 is 0 Å². The minimum atomic E-state index is -3.51. The Morgan fingerprint density at radius 1 is 0.700 bits per heavy atom. The first-order valence-electron chi connectivity index (χ1n) is 19.1. The monoisotopic (exact) mass is 714 g/mol. The van der Waals surface area contributed by atoms with Gasteiger partial charge in [0.2, 0.25) is 0 Å². The number of hydrogen-bond acceptors (Lipinski definition) is 2. The molecule has 203 valence electrons. The summed E-state index contributed by atoms with van der Waals surface area (Å²) in [5, 5.41) is 0. The summed E-state index contributed by atoms with van der Waals surface area (Å²) in [4.78, 5) is 8.82. The van der Waals surface area contributed by atoms with E-state index in [1.54, 1.807) is 54.7 Å². The molecule has 6 aromatic rings. The minimum Gasteiger partial charge on any atom is -0.333 e. The molecule has 0 unspecified atom stereocenters. The number of pyridine rings is 1. The number of benzene rings is 4. The van der Waals surface area contributed by atoms with Gasteiger partial charge in [0.15, 0.2) is 0 Å². The number of fused-ring (bicyclic) bond motifs is 1. The van der Waals surface area contributed by atoms with E-state index in [4.69, 9.17) is 19.2 Å². The Kier molecular flexibility index (Phi) is 5.33. The topological polar surface area (TPSA) is 30.7 Å². The van der Waals surface area contributed by atoms with Crippen LogP contribution >= 0.6 is 0 Å². The number of aromatic nitrogens is 3. The van der Waals surface area contributed by atoms with Gasteiger partial charge >= 0.3 is 0 Å². The molecule has 0 spiro atoms. The molecule has 2 heterocycles. The summed E-state index contributed by atoms with van der Waals surface area (Å²) in [7, 11) is 0. The third kappa shape index (κ3) is 6.30. The van der Waals surface area contributed by atoms with E-state index >= 15 is 0 Å². The van der Waals surface area contributed by atoms with Crippen LogP contribution in [0.4, 0.5) is 0 Å². The van der Waals surface area contributed by atoms with Crippen LogP contribution in [0.5, 0.6) is 0 Å². The molecule has 4 aromatic carbocycles. The number of nitrogens with zero attached hydrogens (tertiary/aromatic N) is 3. The molecule has 0 aliphatic heterocycles. The summed E-state index contributed by atoms with van der Waals surface area (Å²) >= 11 is 0. The van der Waals surface area contributed by atoms with Crippen molar-refractivity contribution in [2.45, 2.75) is 39.2 Å². The van der Waals surface area contributed by atoms with Crippen LogP contribution in [0.2, 0.25) is 0 Å². The molecule has 0 bridgehead atoms. The second-order valence-electron chi connectivity index (χ2n) is 8.48. The normalized spacial score (nSPS) is 17.7. The molecule has 0 atom stereocenters. The summed E-state index contributed by atoms with van der Waals surface area (Å²) in [6.45, 7) is -14.0. The molecule has 0 amide bonds. The molecular weight excluding hydrogens is 667 g/mol. The third-order valence-electron chi connectivity index (χ3n) is 5.96. The molecular formula is C36H33IrN3-2. The maximum atomic E-state index is 9.00. The second kappa shape index (κ2) is 13.5. The molecule has 0 aliphatic carbocycles. The Morgan fingerprint density at radius 3 is 1.93 bits per heavy atom. The van der Waals surface area contributed by atoms with Crippen molar-refractivity contribution in [2.24, 2.45) is 0 Å². The van der Waals surface area contributed by atoms with Crippen LogP contribution in [0, 0.1) is 12.1 Å². The first-order chi connectivity index (χ1) is 24.6. The largest absolute Gasteiger partial charge is 0.333 e. The zero-order valence-corrected chi connectivity index (χ0v) is 23.5. The van der Waals surface area contributed by atoms with Crippen molar-refractivity contribution in [3.8, 4) is 28.3 Å². The molecule has 0 aliphatic rings. The Morgan fingerprint density at radius 2 is 1.32 bits per heavy atom. The molecule has 0 saturated carbocycles. The maximum absolute atomic E-state index is 9.00. The smallest absolute Gasteiger partial charge is 0.0774 e. The molecule has 40 heavy (non-hydrogen) atoms. The zero-order chi connectivity index (χ0) is 39.0. The first kappa shape index (κ1) is 15.8. The van der Waals surface area contributed by atoms with Crippen molar-refractivity contribution in [3.05, 3.63) is 139 Å². The maximum Gasteiger partial charge on any atom is 0.0774 e. The van der Waals surface area contributed by atoms with Gasteiger partial charge in [-0.1, -0.05) is 69.9 Å². The van der Waals surface area contributed by atoms with E-state index in [1.165, 1.54) is 4.57 Å². The van der Waals surface area contributed by atoms with Gasteiger partial charge in [-0.25, -0.2) is 0 Å². The molecule has 0 fully saturated rings. The molecule has 0 N–H and O–H groups in total. The predicted molar refractivity (Wildman–Crippen MR) is 162 cm³/mol. The van der Waals surface area contributed by atoms with Gasteiger partial charge in [-0.15, -0.1) is 71.8 Å². The Bertz CT molecular complexity index is 2040. The van der Waals surface area contributed by atoms with Gasteiger partial charge in [0.05, 0.1) is 16.9 Å². The van der Waals surface area contributed by atoms with Crippen molar-refractivity contribution in [3.63, 3.8) is 0 Å². The quantitative estimate of drug-likeness (QED) is 0.167. The van der Waals surface area contributed by atoms with Crippen LogP contribution in [0.3, 0.4) is 0 Å². The SMILES string of the molecule is [2H]C([2H])([2H])C([2H])(c1cccc(C([2H])(C([2H])([2H])[2H])C([2H])([2H])[2H])c1-n1c(-c2[c-]cccc2)nc2ccccc21)C([2H])([2H])[2H].[Ir].[c-]1ccccc1-c1ccccn1. The van der Waals surface area contributed by atoms with Gasteiger partial charge in [0, 0.05) is 51.2 Å². The van der Waals surface area contributed by atoms with Crippen LogP contribution in [0.1, 0.15) is 69.5 Å². The average Bonchev–Trinajstić information content (AvgIpc) is 3.49. The van der Waals surface area contributed by atoms with Gasteiger partial charge < -0.3 is 9.55 Å². The van der Waals surface area contributed by atoms with Crippen LogP contribution in [0.15, 0.2) is 115 Å². The third-order valence-corrected chi connectivity index (χ3v) is 5.96. The van der Waals surface area contributed by atoms with Gasteiger partial charge in [-0.05, 0) is 46.8 Å². The Labute approximate surface area is 271 Å². The summed E-state index contributed by atoms with van der Waals surface area (Å²) in [6, 6.07) is 35.8. The fourth-order valence-corrected chi connectivity index (χ4v) is 4.23. The molecule has 1 radical (unpaired) electrons. The number of para-hydroxylation sites is 3. The van der Waals surface area contributed by atoms with Crippen LogP contribution in [-0.4, -0.2) is 14.5 Å². The summed E-state index contributed by atoms with van der Waals surface area (Å²) in [6.07, 6.45) is 1.79. The van der Waals surface area contributed by atoms with E-state index in [0.717, 1.165) is 29.5 Å². The van der Waals surface area contributed by atoms with E-state index in [9.17, 15) is 0 Å². The number of rotatable bonds is 5. The Balaban J connectivity index is 0.000000421. The molecule has 4 heteroatoms. The Hall–Kier alpha value is -3.85. The van der Waals surface area contributed by atoms with Crippen molar-refractivity contribution < 1.29 is 39.3 Å². The standard InChI is InChI=1S/C25H25N2.C11H8N.Ir/c1-17(2)20-13-10-14-21(18(3)4)24(20)27-23-16-9-8-15-22(23)26-25(27)19-11-6-5-7-12-19;1-2-6-10(7-3-1)11-8-4-5-9-12-11;/h5-11,13-18H,1-4H3;1-6,8-9H;/q2*-1;/i1D3,2D3,3D3,4D3,17D,18D;;. The second-order valence-corrected chi connectivity index (χ2v) is 8.48. The van der Waals surface area contributed by atoms with E-state index in [1.807, 2.05) is 42.5 Å². The van der Waals surface area contributed by atoms with Crippen LogP contribution in [0.25, 0.3) is 39.4 Å². The predicted octanol–water partition coefficient (Wildman–Crippen LogP) is 9.29. The van der Waals surface area contributed by atoms with Gasteiger partial charge in [-0.2, -0.15) is 0 Å². The van der Waals surface area contributed by atoms with Crippen LogP contribution in [-0.2, 0) is 20.1 Å². The van der Waals surface area contributed by atoms with Gasteiger partial charge in [0.1, 0.15) is 0 Å². The van der Waals surface area contributed by atoms with Crippen molar-refractivity contribution >= 4 is 11.0 Å². The number of hydrogen-bond donors (Lipinski definition) is 0. The first-order valence-corrected chi connectivity index (χ1v) is 12.1. The van der Waals surface area contributed by atoms with E-state index < -0.39 is 56.0 Å². The van der Waals surface area contributed by atoms with Crippen molar-refractivity contribution in [2.75, 3.05) is 0 Å².